The molecule has 0 aliphatic heterocycles. The molecular formula is C15H12O4. The number of ketones is 1. The lowest BCUT2D eigenvalue weighted by molar-refractivity contribution is -0.134. The van der Waals surface area contributed by atoms with Crippen molar-refractivity contribution in [2.75, 3.05) is 0 Å². The second-order valence-corrected chi connectivity index (χ2v) is 4.79. The van der Waals surface area contributed by atoms with Crippen molar-refractivity contribution in [2.24, 2.45) is 0 Å². The van der Waals surface area contributed by atoms with Crippen molar-refractivity contribution in [2.45, 2.75) is 18.8 Å². The van der Waals surface area contributed by atoms with E-state index in [0.29, 0.717) is 6.42 Å². The van der Waals surface area contributed by atoms with Gasteiger partial charge in [-0.25, -0.2) is 4.79 Å². The summed E-state index contributed by atoms with van der Waals surface area (Å²) in [5.74, 6) is -2.87. The van der Waals surface area contributed by atoms with E-state index in [1.165, 1.54) is 0 Å². The summed E-state index contributed by atoms with van der Waals surface area (Å²) in [5.41, 5.74) is 2.50. The average Bonchev–Trinajstić information content (AvgIpc) is 2.41. The monoisotopic (exact) mass is 256 g/mol. The topological polar surface area (TPSA) is 74.6 Å². The fraction of sp³-hybridized carbons (Fsp3) is 0.200. The minimum Gasteiger partial charge on any atom is -0.504 e. The summed E-state index contributed by atoms with van der Waals surface area (Å²) in [7, 11) is 0. The summed E-state index contributed by atoms with van der Waals surface area (Å²) in [5, 5.41) is 18.8. The lowest BCUT2D eigenvalue weighted by Gasteiger charge is -2.29. The zero-order valence-corrected chi connectivity index (χ0v) is 10.1. The van der Waals surface area contributed by atoms with Crippen LogP contribution < -0.4 is 0 Å². The smallest absolute Gasteiger partial charge is 0.335 e. The Morgan fingerprint density at radius 2 is 2.00 bits per heavy atom. The van der Waals surface area contributed by atoms with Gasteiger partial charge in [0.15, 0.2) is 5.76 Å². The molecule has 1 aromatic carbocycles. The maximum absolute atomic E-state index is 12.2. The van der Waals surface area contributed by atoms with Gasteiger partial charge in [-0.2, -0.15) is 0 Å². The number of Topliss-reactive ketones (excluding diaryl/α,β-unsaturated/α-hetero) is 1. The Morgan fingerprint density at radius 1 is 1.26 bits per heavy atom. The molecule has 0 aromatic heterocycles. The third-order valence-electron chi connectivity index (χ3n) is 3.74. The van der Waals surface area contributed by atoms with Crippen molar-refractivity contribution >= 4 is 11.8 Å². The number of benzene rings is 1. The summed E-state index contributed by atoms with van der Waals surface area (Å²) >= 11 is 0. The zero-order valence-electron chi connectivity index (χ0n) is 10.1. The first-order chi connectivity index (χ1) is 9.09. The molecule has 0 spiro atoms. The van der Waals surface area contributed by atoms with Gasteiger partial charge in [-0.05, 0) is 17.5 Å². The van der Waals surface area contributed by atoms with Crippen molar-refractivity contribution in [1.82, 2.24) is 0 Å². The maximum Gasteiger partial charge on any atom is 0.335 e. The minimum atomic E-state index is -1.23. The van der Waals surface area contributed by atoms with Crippen LogP contribution >= 0.6 is 0 Å². The largest absolute Gasteiger partial charge is 0.504 e. The van der Waals surface area contributed by atoms with Crippen LogP contribution in [0.1, 0.15) is 23.5 Å². The predicted octanol–water partition coefficient (Wildman–Crippen LogP) is 2.12. The first kappa shape index (κ1) is 11.7. The number of carbonyl (C=O) groups is 2. The van der Waals surface area contributed by atoms with Gasteiger partial charge in [-0.15, -0.1) is 0 Å². The maximum atomic E-state index is 12.2. The number of carboxylic acid groups (broad SMARTS) is 1. The van der Waals surface area contributed by atoms with Gasteiger partial charge in [-0.3, -0.25) is 4.79 Å². The lowest BCUT2D eigenvalue weighted by atomic mass is 9.73. The van der Waals surface area contributed by atoms with E-state index in [9.17, 15) is 14.7 Å². The van der Waals surface area contributed by atoms with Crippen molar-refractivity contribution in [1.29, 1.82) is 0 Å². The van der Waals surface area contributed by atoms with Crippen molar-refractivity contribution in [3.63, 3.8) is 0 Å². The van der Waals surface area contributed by atoms with Crippen LogP contribution in [0.3, 0.4) is 0 Å². The fourth-order valence-electron chi connectivity index (χ4n) is 2.79. The first-order valence-electron chi connectivity index (χ1n) is 6.06. The normalized spacial score (nSPS) is 21.6. The van der Waals surface area contributed by atoms with E-state index in [-0.39, 0.29) is 12.0 Å². The molecule has 0 heterocycles. The number of hydrogen-bond donors (Lipinski definition) is 2. The molecule has 19 heavy (non-hydrogen) atoms. The molecule has 0 fully saturated rings. The average molecular weight is 256 g/mol. The third kappa shape index (κ3) is 1.68. The number of carboxylic acids is 1. The minimum absolute atomic E-state index is 0.131. The number of hydrogen-bond acceptors (Lipinski definition) is 3. The van der Waals surface area contributed by atoms with E-state index in [1.807, 2.05) is 30.3 Å². The number of aliphatic hydroxyl groups excluding tert-OH is 1. The molecule has 1 aromatic rings. The van der Waals surface area contributed by atoms with E-state index in [0.717, 1.165) is 16.7 Å². The van der Waals surface area contributed by atoms with Gasteiger partial charge >= 0.3 is 5.97 Å². The third-order valence-corrected chi connectivity index (χ3v) is 3.74. The summed E-state index contributed by atoms with van der Waals surface area (Å²) in [6.07, 6.45) is 2.73. The van der Waals surface area contributed by atoms with E-state index in [2.05, 4.69) is 0 Å². The Balaban J connectivity index is 2.14. The van der Waals surface area contributed by atoms with Crippen molar-refractivity contribution in [3.8, 4) is 0 Å². The SMILES string of the molecule is O=C(O)C1=C(O)C(=O)C2C(=CCc3ccccc32)C1. The molecule has 2 aliphatic rings. The molecule has 4 nitrogen and oxygen atoms in total. The van der Waals surface area contributed by atoms with E-state index < -0.39 is 23.4 Å². The molecule has 0 bridgehead atoms. The molecule has 3 rings (SSSR count). The number of allylic oxidation sites excluding steroid dienone is 3. The molecule has 1 unspecified atom stereocenters. The number of rotatable bonds is 1. The quantitative estimate of drug-likeness (QED) is 0.755. The fourth-order valence-corrected chi connectivity index (χ4v) is 2.79. The van der Waals surface area contributed by atoms with Crippen LogP contribution in [0.15, 0.2) is 47.2 Å². The Morgan fingerprint density at radius 3 is 2.74 bits per heavy atom. The van der Waals surface area contributed by atoms with Gasteiger partial charge in [0.1, 0.15) is 0 Å². The van der Waals surface area contributed by atoms with Crippen LogP contribution in [0.2, 0.25) is 0 Å². The first-order valence-corrected chi connectivity index (χ1v) is 6.06. The molecular weight excluding hydrogens is 244 g/mol. The summed E-state index contributed by atoms with van der Waals surface area (Å²) in [4.78, 5) is 23.3. The van der Waals surface area contributed by atoms with E-state index in [4.69, 9.17) is 5.11 Å². The zero-order chi connectivity index (χ0) is 13.6. The van der Waals surface area contributed by atoms with Gasteiger partial charge in [0, 0.05) is 6.42 Å². The highest BCUT2D eigenvalue weighted by Crippen LogP contribution is 2.41. The van der Waals surface area contributed by atoms with Gasteiger partial charge in [0.25, 0.3) is 0 Å². The van der Waals surface area contributed by atoms with Gasteiger partial charge < -0.3 is 10.2 Å². The van der Waals surface area contributed by atoms with Gasteiger partial charge in [0.05, 0.1) is 11.5 Å². The molecule has 2 aliphatic carbocycles. The van der Waals surface area contributed by atoms with Crippen LogP contribution in [0.4, 0.5) is 0 Å². The highest BCUT2D eigenvalue weighted by molar-refractivity contribution is 6.08. The van der Waals surface area contributed by atoms with Gasteiger partial charge in [0.2, 0.25) is 5.78 Å². The molecule has 0 saturated carbocycles. The van der Waals surface area contributed by atoms with Crippen LogP contribution in [-0.4, -0.2) is 22.0 Å². The number of carbonyl (C=O) groups excluding carboxylic acids is 1. The number of fused-ring (bicyclic) bond motifs is 3. The predicted molar refractivity (Wildman–Crippen MR) is 67.9 cm³/mol. The van der Waals surface area contributed by atoms with E-state index in [1.54, 1.807) is 0 Å². The van der Waals surface area contributed by atoms with Crippen LogP contribution in [-0.2, 0) is 16.0 Å². The second-order valence-electron chi connectivity index (χ2n) is 4.79. The Bertz CT molecular complexity index is 652. The van der Waals surface area contributed by atoms with Crippen LogP contribution in [0, 0.1) is 0 Å². The molecule has 0 amide bonds. The van der Waals surface area contributed by atoms with E-state index >= 15 is 0 Å². The number of aliphatic hydroxyl groups is 1. The van der Waals surface area contributed by atoms with Crippen LogP contribution in [0.25, 0.3) is 0 Å². The van der Waals surface area contributed by atoms with Crippen molar-refractivity contribution in [3.05, 3.63) is 58.4 Å². The Hall–Kier alpha value is -2.36. The second kappa shape index (κ2) is 4.09. The van der Waals surface area contributed by atoms with Gasteiger partial charge in [-0.1, -0.05) is 35.9 Å². The standard InChI is InChI=1S/C15H12O4/c16-13-11(15(18)19)7-9-6-5-8-3-1-2-4-10(8)12(9)14(13)17/h1-4,6,12,16H,5,7H2,(H,18,19). The van der Waals surface area contributed by atoms with Crippen LogP contribution in [0.5, 0.6) is 0 Å². The molecule has 2 N–H and O–H groups in total. The molecule has 0 saturated heterocycles. The molecule has 1 atom stereocenters. The Labute approximate surface area is 109 Å². The molecule has 96 valence electrons. The summed E-state index contributed by atoms with van der Waals surface area (Å²) in [6.45, 7) is 0. The number of aliphatic carboxylic acids is 1. The molecule has 0 radical (unpaired) electrons. The summed E-state index contributed by atoms with van der Waals surface area (Å²) < 4.78 is 0. The molecule has 4 heteroatoms. The highest BCUT2D eigenvalue weighted by Gasteiger charge is 2.38. The lowest BCUT2D eigenvalue weighted by Crippen LogP contribution is -2.28. The van der Waals surface area contributed by atoms with Crippen molar-refractivity contribution < 1.29 is 19.8 Å². The Kier molecular flexibility index (Phi) is 2.52. The highest BCUT2D eigenvalue weighted by atomic mass is 16.4. The summed E-state index contributed by atoms with van der Waals surface area (Å²) in [6, 6.07) is 7.57.